The van der Waals surface area contributed by atoms with Gasteiger partial charge in [0.1, 0.15) is 34.4 Å². The summed E-state index contributed by atoms with van der Waals surface area (Å²) >= 11 is 0. The van der Waals surface area contributed by atoms with Crippen LogP contribution >= 0.6 is 0 Å². The van der Waals surface area contributed by atoms with Crippen LogP contribution in [0.3, 0.4) is 0 Å². The molecule has 0 radical (unpaired) electrons. The number of fused-ring (bicyclic) bond motifs is 5. The fourth-order valence-corrected chi connectivity index (χ4v) is 14.5. The SMILES string of the molecule is CCc1cccc2cc(OCOC)cc(-c3ncc4c(N5CC6CCC(C5)N6C(=O)OC(C)(C)C)nc(OCC5(CN6CCC7(CC6)CC(C(=O)N6CCN(c8ccc9c(c8)CN([C@H]8CCC(=O)NC8=O)C9=O)CC6)C7)CC5)nc4c3F)c12. The fraction of sp³-hybridized carbons (Fsp3) is 0.556. The predicted octanol–water partition coefficient (Wildman–Crippen LogP) is 7.88. The number of carbonyl (C=O) groups excluding carboxylic acids is 5. The number of nitrogens with zero attached hydrogens (tertiary/aromatic N) is 9. The van der Waals surface area contributed by atoms with Crippen molar-refractivity contribution < 1.29 is 47.3 Å². The van der Waals surface area contributed by atoms with E-state index in [-0.39, 0.29) is 83.1 Å². The van der Waals surface area contributed by atoms with Crippen LogP contribution in [0.15, 0.2) is 54.7 Å². The van der Waals surface area contributed by atoms with Crippen LogP contribution in [0.1, 0.15) is 113 Å². The number of nitrogens with one attached hydrogen (secondary N) is 1. The lowest BCUT2D eigenvalue weighted by molar-refractivity contribution is -0.146. The van der Waals surface area contributed by atoms with Crippen LogP contribution in [0.4, 0.5) is 20.7 Å². The van der Waals surface area contributed by atoms with Gasteiger partial charge in [-0.1, -0.05) is 25.1 Å². The number of pyridine rings is 1. The third-order valence-corrected chi connectivity index (χ3v) is 19.2. The lowest BCUT2D eigenvalue weighted by Gasteiger charge is -2.53. The molecule has 5 amide bonds. The maximum absolute atomic E-state index is 17.7. The lowest BCUT2D eigenvalue weighted by atomic mass is 9.57. The van der Waals surface area contributed by atoms with Crippen molar-refractivity contribution in [3.05, 3.63) is 77.2 Å². The van der Waals surface area contributed by atoms with Crippen LogP contribution in [-0.2, 0) is 36.8 Å². The van der Waals surface area contributed by atoms with Crippen molar-refractivity contribution in [1.82, 2.24) is 39.9 Å². The molecule has 19 nitrogen and oxygen atoms in total. The minimum atomic E-state index is -0.650. The molecular formula is C63H75FN10O9. The highest BCUT2D eigenvalue weighted by Crippen LogP contribution is 2.55. The second kappa shape index (κ2) is 21.5. The fourth-order valence-electron chi connectivity index (χ4n) is 14.5. The van der Waals surface area contributed by atoms with Gasteiger partial charge in [-0.25, -0.2) is 9.18 Å². The first-order valence-corrected chi connectivity index (χ1v) is 29.9. The number of amides is 5. The van der Waals surface area contributed by atoms with E-state index in [1.165, 1.54) is 0 Å². The third kappa shape index (κ3) is 10.6. The van der Waals surface area contributed by atoms with Crippen molar-refractivity contribution in [2.75, 3.05) is 89.2 Å². The zero-order chi connectivity index (χ0) is 57.5. The van der Waals surface area contributed by atoms with Crippen LogP contribution in [0.5, 0.6) is 11.8 Å². The minimum absolute atomic E-state index is 0.0292. The number of imide groups is 1. The molecule has 2 unspecified atom stereocenters. The monoisotopic (exact) mass is 1130 g/mol. The highest BCUT2D eigenvalue weighted by molar-refractivity contribution is 6.06. The van der Waals surface area contributed by atoms with Crippen LogP contribution in [-0.4, -0.2) is 167 Å². The standard InChI is InChI=1S/C63H75FN10O9/c1-6-38-8-7-9-39-27-45(82-37-80-5)28-47(51(38)39)53-52(64)54-48(31-65-53)55(72-33-43-10-11-44(34-72)74(43)60(79)83-61(2,3)4)68-59(67-54)81-36-63(16-17-63)35-69-20-18-62(19-21-69)29-41(30-62)57(77)71-24-22-70(23-25-71)42-12-13-46-40(26-42)32-73(58(46)78)49-14-15-50(75)66-56(49)76/h7-9,12-13,26-28,31,41,43-44,49H,6,10-11,14-25,29-30,32-37H2,1-5H3,(H,66,75,76)/t43?,44?,49-/m0/s1. The van der Waals surface area contributed by atoms with Gasteiger partial charge in [0.15, 0.2) is 12.6 Å². The topological polar surface area (TPSA) is 192 Å². The van der Waals surface area contributed by atoms with E-state index in [1.54, 1.807) is 18.2 Å². The Labute approximate surface area is 483 Å². The number of aryl methyl sites for hydroxylation is 1. The van der Waals surface area contributed by atoms with Crippen LogP contribution in [0, 0.1) is 22.6 Å². The summed E-state index contributed by atoms with van der Waals surface area (Å²) in [5.74, 6) is -0.120. The maximum atomic E-state index is 17.7. The van der Waals surface area contributed by atoms with Gasteiger partial charge < -0.3 is 43.4 Å². The van der Waals surface area contributed by atoms with E-state index in [4.69, 9.17) is 33.9 Å². The molecule has 20 heteroatoms. The summed E-state index contributed by atoms with van der Waals surface area (Å²) in [6.45, 7) is 14.9. The van der Waals surface area contributed by atoms with E-state index in [9.17, 15) is 24.0 Å². The van der Waals surface area contributed by atoms with Crippen molar-refractivity contribution in [2.24, 2.45) is 16.7 Å². The number of carbonyl (C=O) groups is 5. The molecule has 7 fully saturated rings. The molecule has 8 heterocycles. The number of aromatic nitrogens is 3. The molecule has 5 aromatic rings. The van der Waals surface area contributed by atoms with E-state index >= 15 is 4.39 Å². The summed E-state index contributed by atoms with van der Waals surface area (Å²) in [5.41, 5.74) is 3.85. The summed E-state index contributed by atoms with van der Waals surface area (Å²) in [5, 5.41) is 4.63. The Bertz CT molecular complexity index is 3400. The van der Waals surface area contributed by atoms with Crippen molar-refractivity contribution in [3.8, 4) is 23.0 Å². The average molecular weight is 1140 g/mol. The Hall–Kier alpha value is -7.19. The van der Waals surface area contributed by atoms with Gasteiger partial charge >= 0.3 is 12.1 Å². The molecule has 2 aromatic heterocycles. The molecule has 5 saturated heterocycles. The molecule has 2 aliphatic carbocycles. The lowest BCUT2D eigenvalue weighted by Crippen LogP contribution is -2.57. The number of halogens is 1. The summed E-state index contributed by atoms with van der Waals surface area (Å²) in [6, 6.07) is 14.9. The number of ether oxygens (including phenoxy) is 4. The molecule has 3 aromatic carbocycles. The van der Waals surface area contributed by atoms with Crippen LogP contribution in [0.25, 0.3) is 32.9 Å². The number of benzene rings is 3. The first-order chi connectivity index (χ1) is 40.0. The predicted molar refractivity (Wildman–Crippen MR) is 308 cm³/mol. The maximum Gasteiger partial charge on any atom is 0.410 e. The normalized spacial score (nSPS) is 23.2. The van der Waals surface area contributed by atoms with E-state index < -0.39 is 23.4 Å². The summed E-state index contributed by atoms with van der Waals surface area (Å²) in [4.78, 5) is 92.4. The molecule has 13 rings (SSSR count). The van der Waals surface area contributed by atoms with E-state index in [0.29, 0.717) is 86.9 Å². The number of piperazine rings is 2. The molecule has 6 aliphatic heterocycles. The Balaban J connectivity index is 0.659. The summed E-state index contributed by atoms with van der Waals surface area (Å²) in [6.07, 6.45) is 10.2. The van der Waals surface area contributed by atoms with E-state index in [2.05, 4.69) is 33.0 Å². The molecule has 3 atom stereocenters. The minimum Gasteiger partial charge on any atom is -0.468 e. The van der Waals surface area contributed by atoms with Gasteiger partial charge in [-0.15, -0.1) is 0 Å². The summed E-state index contributed by atoms with van der Waals surface area (Å²) < 4.78 is 41.4. The number of piperidine rings is 2. The van der Waals surface area contributed by atoms with Gasteiger partial charge in [-0.2, -0.15) is 9.97 Å². The molecule has 1 N–H and O–H groups in total. The second-order valence-electron chi connectivity index (χ2n) is 25.8. The molecule has 2 saturated carbocycles. The van der Waals surface area contributed by atoms with Crippen LogP contribution in [0.2, 0.25) is 0 Å². The molecule has 2 bridgehead atoms. The molecular weight excluding hydrogens is 1060 g/mol. The molecule has 1 spiro atoms. The van der Waals surface area contributed by atoms with Crippen molar-refractivity contribution in [3.63, 3.8) is 0 Å². The largest absolute Gasteiger partial charge is 0.468 e. The quantitative estimate of drug-likeness (QED) is 0.0834. The molecule has 438 valence electrons. The Morgan fingerprint density at radius 2 is 1.61 bits per heavy atom. The Morgan fingerprint density at radius 3 is 2.31 bits per heavy atom. The highest BCUT2D eigenvalue weighted by atomic mass is 19.1. The highest BCUT2D eigenvalue weighted by Gasteiger charge is 2.52. The smallest absolute Gasteiger partial charge is 0.410 e. The summed E-state index contributed by atoms with van der Waals surface area (Å²) in [7, 11) is 1.56. The number of methoxy groups -OCH3 is 1. The second-order valence-corrected chi connectivity index (χ2v) is 25.8. The number of anilines is 2. The van der Waals surface area contributed by atoms with Gasteiger partial charge in [0.2, 0.25) is 17.7 Å². The van der Waals surface area contributed by atoms with Gasteiger partial charge in [0.05, 0.1) is 24.1 Å². The Kier molecular flexibility index (Phi) is 14.2. The van der Waals surface area contributed by atoms with Crippen molar-refractivity contribution >= 4 is 62.9 Å². The van der Waals surface area contributed by atoms with E-state index in [0.717, 1.165) is 105 Å². The van der Waals surface area contributed by atoms with Crippen molar-refractivity contribution in [2.45, 2.75) is 129 Å². The van der Waals surface area contributed by atoms with Gasteiger partial charge in [0.25, 0.3) is 5.91 Å². The van der Waals surface area contributed by atoms with Gasteiger partial charge in [-0.05, 0) is 156 Å². The number of rotatable bonds is 14. The molecule has 8 aliphatic rings. The average Bonchev–Trinajstić information content (AvgIpc) is 3.48. The third-order valence-electron chi connectivity index (χ3n) is 19.2. The van der Waals surface area contributed by atoms with Gasteiger partial charge in [-0.3, -0.25) is 34.4 Å². The Morgan fingerprint density at radius 1 is 0.855 bits per heavy atom. The first-order valence-electron chi connectivity index (χ1n) is 29.9. The van der Waals surface area contributed by atoms with Gasteiger partial charge in [0, 0.05) is 100 Å². The van der Waals surface area contributed by atoms with Crippen molar-refractivity contribution in [1.29, 1.82) is 0 Å². The molecule has 83 heavy (non-hydrogen) atoms. The van der Waals surface area contributed by atoms with Crippen LogP contribution < -0.4 is 24.6 Å². The number of likely N-dealkylation sites (tertiary alicyclic amines) is 1. The van der Waals surface area contributed by atoms with E-state index in [1.807, 2.05) is 73.0 Å². The first kappa shape index (κ1) is 55.0. The number of hydrogen-bond donors (Lipinski definition) is 1. The number of hydrogen-bond acceptors (Lipinski definition) is 15. The zero-order valence-electron chi connectivity index (χ0n) is 48.3. The zero-order valence-corrected chi connectivity index (χ0v) is 48.3.